The third-order valence-corrected chi connectivity index (χ3v) is 4.90. The fourth-order valence-corrected chi connectivity index (χ4v) is 4.06. The van der Waals surface area contributed by atoms with Crippen molar-refractivity contribution in [2.24, 2.45) is 5.41 Å². The van der Waals surface area contributed by atoms with Crippen molar-refractivity contribution in [3.8, 4) is 0 Å². The SMILES string of the molecule is OC[C@]12CCC[C@H]1N(Cc1ccccc1)CC(F)C2. The van der Waals surface area contributed by atoms with Crippen LogP contribution in [-0.2, 0) is 6.54 Å². The van der Waals surface area contributed by atoms with E-state index in [1.54, 1.807) is 0 Å². The number of benzene rings is 1. The third kappa shape index (κ3) is 2.41. The van der Waals surface area contributed by atoms with Crippen LogP contribution in [0.15, 0.2) is 30.3 Å². The normalized spacial score (nSPS) is 35.3. The number of aliphatic hydroxyl groups is 1. The summed E-state index contributed by atoms with van der Waals surface area (Å²) in [5.74, 6) is 0. The molecule has 2 nitrogen and oxygen atoms in total. The predicted molar refractivity (Wildman–Crippen MR) is 73.5 cm³/mol. The Kier molecular flexibility index (Phi) is 3.59. The van der Waals surface area contributed by atoms with Gasteiger partial charge in [0.05, 0.1) is 6.61 Å². The molecule has 1 aromatic carbocycles. The van der Waals surface area contributed by atoms with Crippen LogP contribution < -0.4 is 0 Å². The number of fused-ring (bicyclic) bond motifs is 1. The Morgan fingerprint density at radius 2 is 2.11 bits per heavy atom. The zero-order valence-electron chi connectivity index (χ0n) is 11.3. The first kappa shape index (κ1) is 13.1. The smallest absolute Gasteiger partial charge is 0.113 e. The topological polar surface area (TPSA) is 23.5 Å². The summed E-state index contributed by atoms with van der Waals surface area (Å²) in [5.41, 5.74) is 1.04. The van der Waals surface area contributed by atoms with Crippen LogP contribution in [-0.4, -0.2) is 35.4 Å². The molecule has 3 heteroatoms. The van der Waals surface area contributed by atoms with Crippen molar-refractivity contribution in [2.45, 2.75) is 44.4 Å². The summed E-state index contributed by atoms with van der Waals surface area (Å²) in [4.78, 5) is 2.26. The van der Waals surface area contributed by atoms with Gasteiger partial charge in [0.2, 0.25) is 0 Å². The van der Waals surface area contributed by atoms with Crippen molar-refractivity contribution in [1.82, 2.24) is 4.90 Å². The highest BCUT2D eigenvalue weighted by Crippen LogP contribution is 2.48. The minimum atomic E-state index is -0.801. The van der Waals surface area contributed by atoms with Crippen LogP contribution in [0.1, 0.15) is 31.2 Å². The first-order valence-corrected chi connectivity index (χ1v) is 7.26. The van der Waals surface area contributed by atoms with E-state index in [9.17, 15) is 9.50 Å². The molecule has 1 saturated carbocycles. The molecule has 1 unspecified atom stereocenters. The number of nitrogens with zero attached hydrogens (tertiary/aromatic N) is 1. The second kappa shape index (κ2) is 5.22. The molecule has 0 spiro atoms. The maximum absolute atomic E-state index is 14.1. The lowest BCUT2D eigenvalue weighted by Gasteiger charge is -2.47. The van der Waals surface area contributed by atoms with E-state index >= 15 is 0 Å². The summed E-state index contributed by atoms with van der Waals surface area (Å²) >= 11 is 0. The fraction of sp³-hybridized carbons (Fsp3) is 0.625. The van der Waals surface area contributed by atoms with Gasteiger partial charge >= 0.3 is 0 Å². The van der Waals surface area contributed by atoms with Crippen LogP contribution >= 0.6 is 0 Å². The van der Waals surface area contributed by atoms with Gasteiger partial charge in [-0.2, -0.15) is 0 Å². The molecular weight excluding hydrogens is 241 g/mol. The number of halogens is 1. The van der Waals surface area contributed by atoms with Crippen molar-refractivity contribution in [3.63, 3.8) is 0 Å². The molecule has 0 amide bonds. The van der Waals surface area contributed by atoms with E-state index in [-0.39, 0.29) is 12.0 Å². The van der Waals surface area contributed by atoms with Crippen LogP contribution in [0, 0.1) is 5.41 Å². The molecule has 3 atom stereocenters. The number of alkyl halides is 1. The zero-order valence-corrected chi connectivity index (χ0v) is 11.3. The van der Waals surface area contributed by atoms with E-state index in [4.69, 9.17) is 0 Å². The Morgan fingerprint density at radius 1 is 1.32 bits per heavy atom. The highest BCUT2D eigenvalue weighted by molar-refractivity contribution is 5.15. The molecule has 2 aliphatic rings. The van der Waals surface area contributed by atoms with Crippen molar-refractivity contribution >= 4 is 0 Å². The lowest BCUT2D eigenvalue weighted by Crippen LogP contribution is -2.54. The van der Waals surface area contributed by atoms with Crippen LogP contribution in [0.4, 0.5) is 4.39 Å². The van der Waals surface area contributed by atoms with E-state index in [2.05, 4.69) is 17.0 Å². The molecule has 2 fully saturated rings. The summed E-state index contributed by atoms with van der Waals surface area (Å²) in [6.45, 7) is 1.44. The van der Waals surface area contributed by atoms with Gasteiger partial charge in [0, 0.05) is 24.5 Å². The van der Waals surface area contributed by atoms with Crippen molar-refractivity contribution in [3.05, 3.63) is 35.9 Å². The molecular formula is C16H22FNO. The van der Waals surface area contributed by atoms with E-state index < -0.39 is 6.17 Å². The van der Waals surface area contributed by atoms with Gasteiger partial charge < -0.3 is 5.11 Å². The molecule has 1 heterocycles. The number of likely N-dealkylation sites (tertiary alicyclic amines) is 1. The zero-order chi connectivity index (χ0) is 13.3. The first-order valence-electron chi connectivity index (χ1n) is 7.26. The lowest BCUT2D eigenvalue weighted by atomic mass is 9.75. The van der Waals surface area contributed by atoms with Crippen LogP contribution in [0.3, 0.4) is 0 Å². The average Bonchev–Trinajstić information content (AvgIpc) is 2.84. The van der Waals surface area contributed by atoms with E-state index in [1.165, 1.54) is 5.56 Å². The van der Waals surface area contributed by atoms with Gasteiger partial charge in [0.1, 0.15) is 6.17 Å². The molecule has 1 aliphatic carbocycles. The maximum atomic E-state index is 14.1. The summed E-state index contributed by atoms with van der Waals surface area (Å²) < 4.78 is 14.1. The third-order valence-electron chi connectivity index (χ3n) is 4.90. The van der Waals surface area contributed by atoms with Gasteiger partial charge in [0.15, 0.2) is 0 Å². The average molecular weight is 263 g/mol. The highest BCUT2D eigenvalue weighted by Gasteiger charge is 2.50. The van der Waals surface area contributed by atoms with E-state index in [0.29, 0.717) is 19.0 Å². The largest absolute Gasteiger partial charge is 0.396 e. The molecule has 104 valence electrons. The molecule has 1 aromatic rings. The summed E-state index contributed by atoms with van der Waals surface area (Å²) in [7, 11) is 0. The second-order valence-corrected chi connectivity index (χ2v) is 6.14. The molecule has 3 rings (SSSR count). The highest BCUT2D eigenvalue weighted by atomic mass is 19.1. The summed E-state index contributed by atoms with van der Waals surface area (Å²) in [6.07, 6.45) is 2.92. The van der Waals surface area contributed by atoms with Crippen molar-refractivity contribution in [2.75, 3.05) is 13.2 Å². The first-order chi connectivity index (χ1) is 9.23. The Labute approximate surface area is 114 Å². The Bertz CT molecular complexity index is 424. The number of aliphatic hydroxyl groups excluding tert-OH is 1. The fourth-order valence-electron chi connectivity index (χ4n) is 4.06. The summed E-state index contributed by atoms with van der Waals surface area (Å²) in [6, 6.07) is 10.6. The van der Waals surface area contributed by atoms with Gasteiger partial charge in [-0.3, -0.25) is 4.90 Å². The monoisotopic (exact) mass is 263 g/mol. The molecule has 19 heavy (non-hydrogen) atoms. The number of piperidine rings is 1. The Balaban J connectivity index is 1.80. The molecule has 0 aromatic heterocycles. The molecule has 1 saturated heterocycles. The van der Waals surface area contributed by atoms with Crippen LogP contribution in [0.2, 0.25) is 0 Å². The number of hydrogen-bond acceptors (Lipinski definition) is 2. The van der Waals surface area contributed by atoms with Crippen molar-refractivity contribution in [1.29, 1.82) is 0 Å². The second-order valence-electron chi connectivity index (χ2n) is 6.14. The lowest BCUT2D eigenvalue weighted by molar-refractivity contribution is -0.0447. The van der Waals surface area contributed by atoms with Crippen molar-refractivity contribution < 1.29 is 9.50 Å². The minimum Gasteiger partial charge on any atom is -0.396 e. The maximum Gasteiger partial charge on any atom is 0.113 e. The minimum absolute atomic E-state index is 0.128. The molecule has 0 radical (unpaired) electrons. The van der Waals surface area contributed by atoms with Crippen LogP contribution in [0.25, 0.3) is 0 Å². The molecule has 0 bridgehead atoms. The van der Waals surface area contributed by atoms with Gasteiger partial charge in [-0.05, 0) is 24.8 Å². The van der Waals surface area contributed by atoms with Crippen LogP contribution in [0.5, 0.6) is 0 Å². The van der Waals surface area contributed by atoms with Gasteiger partial charge in [-0.1, -0.05) is 36.8 Å². The molecule has 1 N–H and O–H groups in total. The van der Waals surface area contributed by atoms with Gasteiger partial charge in [-0.15, -0.1) is 0 Å². The standard InChI is InChI=1S/C16H22FNO/c17-14-9-16(12-19)8-4-7-15(16)18(11-14)10-13-5-2-1-3-6-13/h1-3,5-6,14-15,19H,4,7-12H2/t14?,15-,16-/m1/s1. The summed E-state index contributed by atoms with van der Waals surface area (Å²) in [5, 5.41) is 9.76. The number of hydrogen-bond donors (Lipinski definition) is 1. The predicted octanol–water partition coefficient (Wildman–Crippen LogP) is 2.76. The Hall–Kier alpha value is -0.930. The van der Waals surface area contributed by atoms with E-state index in [1.807, 2.05) is 18.2 Å². The quantitative estimate of drug-likeness (QED) is 0.906. The Morgan fingerprint density at radius 3 is 2.84 bits per heavy atom. The van der Waals surface area contributed by atoms with E-state index in [0.717, 1.165) is 25.8 Å². The van der Waals surface area contributed by atoms with Gasteiger partial charge in [-0.25, -0.2) is 4.39 Å². The molecule has 1 aliphatic heterocycles. The number of rotatable bonds is 3. The van der Waals surface area contributed by atoms with Gasteiger partial charge in [0.25, 0.3) is 0 Å².